The molecule has 1 aliphatic rings. The molecular weight excluding hydrogens is 378 g/mol. The summed E-state index contributed by atoms with van der Waals surface area (Å²) in [5.41, 5.74) is 4.65. The van der Waals surface area contributed by atoms with E-state index in [1.807, 2.05) is 18.2 Å². The molecular formula is C24H35N3O3+2. The maximum atomic E-state index is 12.5. The zero-order valence-corrected chi connectivity index (χ0v) is 18.6. The molecule has 0 saturated carbocycles. The van der Waals surface area contributed by atoms with Crippen LogP contribution < -0.4 is 24.6 Å². The van der Waals surface area contributed by atoms with Gasteiger partial charge in [0.05, 0.1) is 14.2 Å². The van der Waals surface area contributed by atoms with Gasteiger partial charge in [-0.3, -0.25) is 4.79 Å². The number of hydrogen-bond donors (Lipinski definition) is 3. The van der Waals surface area contributed by atoms with Gasteiger partial charge in [0.15, 0.2) is 18.0 Å². The third-order valence-corrected chi connectivity index (χ3v) is 5.98. The average molecular weight is 414 g/mol. The molecule has 1 fully saturated rings. The molecule has 1 saturated heterocycles. The minimum atomic E-state index is 0.0949. The summed E-state index contributed by atoms with van der Waals surface area (Å²) >= 11 is 0. The molecule has 2 aromatic carbocycles. The van der Waals surface area contributed by atoms with E-state index in [-0.39, 0.29) is 5.91 Å². The van der Waals surface area contributed by atoms with Crippen LogP contribution in [0, 0.1) is 6.92 Å². The van der Waals surface area contributed by atoms with Crippen molar-refractivity contribution >= 4 is 11.6 Å². The van der Waals surface area contributed by atoms with Gasteiger partial charge in [-0.1, -0.05) is 19.1 Å². The lowest BCUT2D eigenvalue weighted by Crippen LogP contribution is -3.28. The molecule has 2 aromatic rings. The number of quaternary nitrogens is 2. The molecule has 162 valence electrons. The van der Waals surface area contributed by atoms with E-state index in [4.69, 9.17) is 9.47 Å². The fraction of sp³-hybridized carbons (Fsp3) is 0.458. The highest BCUT2D eigenvalue weighted by molar-refractivity contribution is 5.91. The number of amides is 1. The molecule has 3 rings (SSSR count). The Morgan fingerprint density at radius 3 is 2.33 bits per heavy atom. The van der Waals surface area contributed by atoms with E-state index in [0.29, 0.717) is 6.54 Å². The van der Waals surface area contributed by atoms with E-state index < -0.39 is 0 Å². The van der Waals surface area contributed by atoms with Crippen molar-refractivity contribution in [1.82, 2.24) is 0 Å². The fourth-order valence-electron chi connectivity index (χ4n) is 4.09. The molecule has 1 heterocycles. The lowest BCUT2D eigenvalue weighted by Gasteiger charge is -2.29. The van der Waals surface area contributed by atoms with E-state index in [2.05, 4.69) is 37.4 Å². The Hall–Kier alpha value is -2.57. The number of piperazine rings is 1. The topological polar surface area (TPSA) is 56.4 Å². The minimum absolute atomic E-state index is 0.0949. The number of nitrogens with one attached hydrogen (secondary N) is 3. The van der Waals surface area contributed by atoms with Crippen molar-refractivity contribution in [2.75, 3.05) is 52.3 Å². The van der Waals surface area contributed by atoms with Gasteiger partial charge in [0.1, 0.15) is 32.7 Å². The van der Waals surface area contributed by atoms with E-state index in [1.54, 1.807) is 19.1 Å². The molecule has 0 unspecified atom stereocenters. The van der Waals surface area contributed by atoms with Gasteiger partial charge >= 0.3 is 0 Å². The first-order valence-corrected chi connectivity index (χ1v) is 10.8. The summed E-state index contributed by atoms with van der Waals surface area (Å²) in [7, 11) is 3.34. The summed E-state index contributed by atoms with van der Waals surface area (Å²) in [6, 6.07) is 12.2. The molecule has 1 amide bonds. The second-order valence-corrected chi connectivity index (χ2v) is 8.09. The Bertz CT molecular complexity index is 861. The first-order valence-electron chi connectivity index (χ1n) is 10.8. The molecule has 0 aromatic heterocycles. The SMILES string of the molecule is CCc1cccc(NC(=O)C[NH+]2CC[NH+](Cc3cc(OC)c(OC)cc3C)CC2)c1. The van der Waals surface area contributed by atoms with Crippen molar-refractivity contribution in [2.45, 2.75) is 26.8 Å². The van der Waals surface area contributed by atoms with Crippen LogP contribution in [0.15, 0.2) is 36.4 Å². The largest absolute Gasteiger partial charge is 0.493 e. The van der Waals surface area contributed by atoms with Crippen molar-refractivity contribution < 1.29 is 24.1 Å². The van der Waals surface area contributed by atoms with Gasteiger partial charge in [0.25, 0.3) is 5.91 Å². The number of anilines is 1. The van der Waals surface area contributed by atoms with Crippen molar-refractivity contribution in [3.05, 3.63) is 53.1 Å². The van der Waals surface area contributed by atoms with Crippen LogP contribution >= 0.6 is 0 Å². The van der Waals surface area contributed by atoms with Gasteiger partial charge < -0.3 is 24.6 Å². The maximum absolute atomic E-state index is 12.5. The third-order valence-electron chi connectivity index (χ3n) is 5.98. The molecule has 1 aliphatic heterocycles. The lowest BCUT2D eigenvalue weighted by molar-refractivity contribution is -1.02. The molecule has 0 radical (unpaired) electrons. The fourth-order valence-corrected chi connectivity index (χ4v) is 4.09. The molecule has 30 heavy (non-hydrogen) atoms. The van der Waals surface area contributed by atoms with Crippen LogP contribution in [0.5, 0.6) is 11.5 Å². The summed E-state index contributed by atoms with van der Waals surface area (Å²) in [5, 5.41) is 3.05. The van der Waals surface area contributed by atoms with Crippen LogP contribution in [0.25, 0.3) is 0 Å². The smallest absolute Gasteiger partial charge is 0.279 e. The van der Waals surface area contributed by atoms with Crippen molar-refractivity contribution in [1.29, 1.82) is 0 Å². The number of hydrogen-bond acceptors (Lipinski definition) is 3. The van der Waals surface area contributed by atoms with Crippen LogP contribution in [0.4, 0.5) is 5.69 Å². The number of ether oxygens (including phenoxy) is 2. The van der Waals surface area contributed by atoms with Gasteiger partial charge in [-0.05, 0) is 48.7 Å². The summed E-state index contributed by atoms with van der Waals surface area (Å²) in [4.78, 5) is 15.4. The van der Waals surface area contributed by atoms with Gasteiger partial charge in [-0.2, -0.15) is 0 Å². The first kappa shape index (κ1) is 22.1. The van der Waals surface area contributed by atoms with Crippen molar-refractivity contribution in [2.24, 2.45) is 0 Å². The first-order chi connectivity index (χ1) is 14.5. The van der Waals surface area contributed by atoms with Crippen LogP contribution in [-0.4, -0.2) is 52.9 Å². The molecule has 0 spiro atoms. The number of aryl methyl sites for hydroxylation is 2. The van der Waals surface area contributed by atoms with E-state index in [1.165, 1.54) is 21.6 Å². The van der Waals surface area contributed by atoms with Crippen LogP contribution in [0.1, 0.15) is 23.6 Å². The second-order valence-electron chi connectivity index (χ2n) is 8.09. The zero-order chi connectivity index (χ0) is 21.5. The zero-order valence-electron chi connectivity index (χ0n) is 18.6. The minimum Gasteiger partial charge on any atom is -0.493 e. The number of benzene rings is 2. The van der Waals surface area contributed by atoms with Crippen LogP contribution in [0.2, 0.25) is 0 Å². The van der Waals surface area contributed by atoms with Crippen molar-refractivity contribution in [3.8, 4) is 11.5 Å². The highest BCUT2D eigenvalue weighted by Gasteiger charge is 2.25. The monoisotopic (exact) mass is 413 g/mol. The average Bonchev–Trinajstić information content (AvgIpc) is 2.76. The predicted molar refractivity (Wildman–Crippen MR) is 119 cm³/mol. The Labute approximate surface area is 179 Å². The number of methoxy groups -OCH3 is 2. The van der Waals surface area contributed by atoms with Gasteiger partial charge in [0.2, 0.25) is 0 Å². The van der Waals surface area contributed by atoms with Gasteiger partial charge in [0, 0.05) is 11.3 Å². The number of carbonyl (C=O) groups excluding carboxylic acids is 1. The standard InChI is InChI=1S/C24H33N3O3/c1-5-19-7-6-8-21(14-19)25-24(28)17-27-11-9-26(10-12-27)16-20-15-23(30-4)22(29-3)13-18(20)2/h6-8,13-15H,5,9-12,16-17H2,1-4H3,(H,25,28)/p+2. The quantitative estimate of drug-likeness (QED) is 0.591. The molecule has 6 heteroatoms. The Morgan fingerprint density at radius 1 is 1.00 bits per heavy atom. The number of rotatable bonds is 8. The number of carbonyl (C=O) groups is 1. The Balaban J connectivity index is 1.49. The maximum Gasteiger partial charge on any atom is 0.279 e. The summed E-state index contributed by atoms with van der Waals surface area (Å²) in [6.45, 7) is 9.86. The van der Waals surface area contributed by atoms with E-state index in [9.17, 15) is 4.79 Å². The lowest BCUT2D eigenvalue weighted by atomic mass is 10.1. The van der Waals surface area contributed by atoms with E-state index >= 15 is 0 Å². The molecule has 0 bridgehead atoms. The highest BCUT2D eigenvalue weighted by Crippen LogP contribution is 2.29. The van der Waals surface area contributed by atoms with Crippen LogP contribution in [-0.2, 0) is 17.8 Å². The molecule has 0 atom stereocenters. The van der Waals surface area contributed by atoms with E-state index in [0.717, 1.165) is 56.3 Å². The summed E-state index contributed by atoms with van der Waals surface area (Å²) in [5.74, 6) is 1.65. The van der Waals surface area contributed by atoms with Gasteiger partial charge in [-0.15, -0.1) is 0 Å². The highest BCUT2D eigenvalue weighted by atomic mass is 16.5. The Kier molecular flexibility index (Phi) is 7.71. The second kappa shape index (κ2) is 10.5. The normalized spacial score (nSPS) is 18.7. The summed E-state index contributed by atoms with van der Waals surface area (Å²) < 4.78 is 10.9. The molecule has 6 nitrogen and oxygen atoms in total. The predicted octanol–water partition coefficient (Wildman–Crippen LogP) is 0.497. The van der Waals surface area contributed by atoms with Gasteiger partial charge in [-0.25, -0.2) is 0 Å². The third kappa shape index (κ3) is 5.74. The van der Waals surface area contributed by atoms with Crippen LogP contribution in [0.3, 0.4) is 0 Å². The molecule has 3 N–H and O–H groups in total. The molecule has 0 aliphatic carbocycles. The van der Waals surface area contributed by atoms with Crippen molar-refractivity contribution in [3.63, 3.8) is 0 Å². The summed E-state index contributed by atoms with van der Waals surface area (Å²) in [6.07, 6.45) is 0.971. The Morgan fingerprint density at radius 2 is 1.67 bits per heavy atom.